The van der Waals surface area contributed by atoms with E-state index in [4.69, 9.17) is 0 Å². The summed E-state index contributed by atoms with van der Waals surface area (Å²) in [6, 6.07) is 0. The van der Waals surface area contributed by atoms with Crippen LogP contribution in [-0.4, -0.2) is 66.6 Å². The number of fused-ring (bicyclic) bond motifs is 1. The van der Waals surface area contributed by atoms with Gasteiger partial charge in [-0.05, 0) is 25.5 Å². The number of carbonyl (C=O) groups excluding carboxylic acids is 1. The SMILES string of the molecule is CSc1ncc2c(=O)n(CC3(O)CCN(C(=O)C(C)CC(F)(F)F)CC34CCCC4)cnc2n1. The number of halogens is 3. The molecule has 12 heteroatoms. The van der Waals surface area contributed by atoms with E-state index in [9.17, 15) is 27.9 Å². The molecular weight excluding hydrogens is 471 g/mol. The Labute approximate surface area is 199 Å². The zero-order chi connectivity index (χ0) is 24.7. The number of amides is 1. The number of aliphatic hydroxyl groups is 1. The predicted octanol–water partition coefficient (Wildman–Crippen LogP) is 3.02. The average molecular weight is 500 g/mol. The fourth-order valence-corrected chi connectivity index (χ4v) is 5.80. The molecule has 2 atom stereocenters. The maximum Gasteiger partial charge on any atom is 0.389 e. The molecular formula is C22H28F3N5O3S. The normalized spacial score (nSPS) is 23.5. The van der Waals surface area contributed by atoms with Gasteiger partial charge in [0.15, 0.2) is 10.8 Å². The molecule has 0 aromatic carbocycles. The summed E-state index contributed by atoms with van der Waals surface area (Å²) >= 11 is 1.34. The smallest absolute Gasteiger partial charge is 0.387 e. The van der Waals surface area contributed by atoms with Crippen LogP contribution < -0.4 is 5.56 Å². The van der Waals surface area contributed by atoms with Gasteiger partial charge in [-0.1, -0.05) is 31.5 Å². The van der Waals surface area contributed by atoms with Gasteiger partial charge in [-0.2, -0.15) is 13.2 Å². The van der Waals surface area contributed by atoms with Crippen LogP contribution in [0.25, 0.3) is 11.0 Å². The van der Waals surface area contributed by atoms with Crippen molar-refractivity contribution in [2.24, 2.45) is 11.3 Å². The molecule has 1 saturated carbocycles. The van der Waals surface area contributed by atoms with E-state index in [0.717, 1.165) is 12.8 Å². The Morgan fingerprint density at radius 2 is 1.97 bits per heavy atom. The van der Waals surface area contributed by atoms with Crippen LogP contribution in [0.5, 0.6) is 0 Å². The van der Waals surface area contributed by atoms with Crippen LogP contribution in [0.1, 0.15) is 45.4 Å². The summed E-state index contributed by atoms with van der Waals surface area (Å²) < 4.78 is 39.8. The van der Waals surface area contributed by atoms with Gasteiger partial charge in [-0.15, -0.1) is 0 Å². The highest BCUT2D eigenvalue weighted by atomic mass is 32.2. The second kappa shape index (κ2) is 9.10. The number of likely N-dealkylation sites (tertiary alicyclic amines) is 1. The number of thioether (sulfide) groups is 1. The Kier molecular flexibility index (Phi) is 6.67. The van der Waals surface area contributed by atoms with E-state index in [2.05, 4.69) is 15.0 Å². The number of piperidine rings is 1. The van der Waals surface area contributed by atoms with Crippen molar-refractivity contribution in [2.75, 3.05) is 19.3 Å². The van der Waals surface area contributed by atoms with Crippen molar-refractivity contribution < 1.29 is 23.1 Å². The third-order valence-corrected chi connectivity index (χ3v) is 7.84. The van der Waals surface area contributed by atoms with E-state index >= 15 is 0 Å². The first-order valence-corrected chi connectivity index (χ1v) is 12.5. The highest BCUT2D eigenvalue weighted by Gasteiger charge is 2.56. The fourth-order valence-electron chi connectivity index (χ4n) is 5.46. The second-order valence-corrected chi connectivity index (χ2v) is 10.3. The molecule has 1 aliphatic carbocycles. The Morgan fingerprint density at radius 3 is 2.62 bits per heavy atom. The van der Waals surface area contributed by atoms with Gasteiger partial charge in [0.2, 0.25) is 5.91 Å². The minimum Gasteiger partial charge on any atom is -0.387 e. The molecule has 2 aromatic rings. The predicted molar refractivity (Wildman–Crippen MR) is 120 cm³/mol. The molecule has 4 rings (SSSR count). The summed E-state index contributed by atoms with van der Waals surface area (Å²) in [6.07, 6.45) is 2.16. The van der Waals surface area contributed by atoms with E-state index in [0.29, 0.717) is 18.0 Å². The van der Waals surface area contributed by atoms with Gasteiger partial charge < -0.3 is 10.0 Å². The van der Waals surface area contributed by atoms with Crippen molar-refractivity contribution in [2.45, 2.75) is 68.9 Å². The maximum absolute atomic E-state index is 13.1. The monoisotopic (exact) mass is 499 g/mol. The molecule has 2 unspecified atom stereocenters. The Hall–Kier alpha value is -2.21. The molecule has 3 heterocycles. The lowest BCUT2D eigenvalue weighted by Crippen LogP contribution is -2.62. The van der Waals surface area contributed by atoms with Crippen LogP contribution in [0.4, 0.5) is 13.2 Å². The first-order valence-electron chi connectivity index (χ1n) is 11.3. The van der Waals surface area contributed by atoms with Crippen molar-refractivity contribution >= 4 is 28.7 Å². The molecule has 2 aromatic heterocycles. The Bertz CT molecular complexity index is 1130. The van der Waals surface area contributed by atoms with E-state index < -0.39 is 35.4 Å². The molecule has 1 amide bonds. The van der Waals surface area contributed by atoms with Crippen molar-refractivity contribution in [3.8, 4) is 0 Å². The first-order chi connectivity index (χ1) is 16.0. The maximum atomic E-state index is 13.1. The molecule has 1 N–H and O–H groups in total. The van der Waals surface area contributed by atoms with E-state index in [1.165, 1.54) is 40.7 Å². The van der Waals surface area contributed by atoms with E-state index in [1.807, 2.05) is 6.26 Å². The van der Waals surface area contributed by atoms with Crippen LogP contribution >= 0.6 is 11.8 Å². The van der Waals surface area contributed by atoms with E-state index in [1.54, 1.807) is 0 Å². The summed E-state index contributed by atoms with van der Waals surface area (Å²) in [5.74, 6) is -1.72. The number of alkyl halides is 3. The van der Waals surface area contributed by atoms with Crippen molar-refractivity contribution in [3.63, 3.8) is 0 Å². The number of rotatable bonds is 5. The summed E-state index contributed by atoms with van der Waals surface area (Å²) in [4.78, 5) is 40.0. The van der Waals surface area contributed by atoms with Crippen molar-refractivity contribution in [1.82, 2.24) is 24.4 Å². The van der Waals surface area contributed by atoms with Crippen LogP contribution in [-0.2, 0) is 11.3 Å². The number of aromatic nitrogens is 4. The van der Waals surface area contributed by atoms with Crippen LogP contribution in [0, 0.1) is 11.3 Å². The molecule has 8 nitrogen and oxygen atoms in total. The molecule has 34 heavy (non-hydrogen) atoms. The average Bonchev–Trinajstić information content (AvgIpc) is 3.26. The first kappa shape index (κ1) is 24.9. The molecule has 0 bridgehead atoms. The van der Waals surface area contributed by atoms with Gasteiger partial charge >= 0.3 is 6.18 Å². The highest BCUT2D eigenvalue weighted by Crippen LogP contribution is 2.51. The lowest BCUT2D eigenvalue weighted by molar-refractivity contribution is -0.172. The summed E-state index contributed by atoms with van der Waals surface area (Å²) in [5.41, 5.74) is -2.07. The third-order valence-electron chi connectivity index (χ3n) is 7.28. The molecule has 2 fully saturated rings. The lowest BCUT2D eigenvalue weighted by atomic mass is 9.65. The van der Waals surface area contributed by atoms with Crippen LogP contribution in [0.2, 0.25) is 0 Å². The van der Waals surface area contributed by atoms with Gasteiger partial charge in [-0.25, -0.2) is 15.0 Å². The molecule has 186 valence electrons. The molecule has 1 spiro atoms. The van der Waals surface area contributed by atoms with Crippen LogP contribution in [0.15, 0.2) is 22.5 Å². The van der Waals surface area contributed by atoms with Crippen molar-refractivity contribution in [1.29, 1.82) is 0 Å². The highest BCUT2D eigenvalue weighted by molar-refractivity contribution is 7.98. The zero-order valence-corrected chi connectivity index (χ0v) is 20.0. The van der Waals surface area contributed by atoms with Gasteiger partial charge in [-0.3, -0.25) is 14.2 Å². The number of carbonyl (C=O) groups is 1. The van der Waals surface area contributed by atoms with E-state index in [-0.39, 0.29) is 42.6 Å². The standard InChI is InChI=1S/C22H28F3N5O3S/c1-14(9-22(23,24)25)17(31)29-8-7-21(33,20(11-29)5-3-4-6-20)12-30-13-27-16-15(18(30)32)10-26-19(28-16)34-2/h10,13-14,33H,3-9,11-12H2,1-2H3. The van der Waals surface area contributed by atoms with Gasteiger partial charge in [0, 0.05) is 30.6 Å². The minimum atomic E-state index is -4.42. The van der Waals surface area contributed by atoms with Crippen molar-refractivity contribution in [3.05, 3.63) is 22.9 Å². The molecule has 2 aliphatic rings. The summed E-state index contributed by atoms with van der Waals surface area (Å²) in [6.45, 7) is 1.59. The Balaban J connectivity index is 1.60. The third kappa shape index (κ3) is 4.66. The number of hydrogen-bond acceptors (Lipinski definition) is 7. The quantitative estimate of drug-likeness (QED) is 0.499. The summed E-state index contributed by atoms with van der Waals surface area (Å²) in [5, 5.41) is 12.6. The Morgan fingerprint density at radius 1 is 1.26 bits per heavy atom. The zero-order valence-electron chi connectivity index (χ0n) is 19.1. The molecule has 0 radical (unpaired) electrons. The topological polar surface area (TPSA) is 101 Å². The minimum absolute atomic E-state index is 0.0147. The van der Waals surface area contributed by atoms with Gasteiger partial charge in [0.1, 0.15) is 11.7 Å². The van der Waals surface area contributed by atoms with Gasteiger partial charge in [0.25, 0.3) is 5.56 Å². The molecule has 1 saturated heterocycles. The van der Waals surface area contributed by atoms with Crippen LogP contribution in [0.3, 0.4) is 0 Å². The second-order valence-electron chi connectivity index (χ2n) is 9.52. The molecule has 1 aliphatic heterocycles. The fraction of sp³-hybridized carbons (Fsp3) is 0.682. The number of nitrogens with zero attached hydrogens (tertiary/aromatic N) is 5. The lowest BCUT2D eigenvalue weighted by Gasteiger charge is -2.52. The largest absolute Gasteiger partial charge is 0.389 e. The summed E-state index contributed by atoms with van der Waals surface area (Å²) in [7, 11) is 0. The van der Waals surface area contributed by atoms with Gasteiger partial charge in [0.05, 0.1) is 18.6 Å². The number of hydrogen-bond donors (Lipinski definition) is 1.